The van der Waals surface area contributed by atoms with Gasteiger partial charge in [0.15, 0.2) is 0 Å². The maximum atomic E-state index is 10.2. The molecule has 2 aliphatic heterocycles. The molecule has 152 valence electrons. The molecule has 0 saturated carbocycles. The van der Waals surface area contributed by atoms with E-state index in [0.717, 1.165) is 57.2 Å². The van der Waals surface area contributed by atoms with E-state index in [0.29, 0.717) is 17.9 Å². The van der Waals surface area contributed by atoms with Gasteiger partial charge in [-0.2, -0.15) is 0 Å². The van der Waals surface area contributed by atoms with Gasteiger partial charge in [0.05, 0.1) is 6.54 Å². The zero-order valence-corrected chi connectivity index (χ0v) is 17.0. The van der Waals surface area contributed by atoms with Crippen LogP contribution in [0.2, 0.25) is 0 Å². The van der Waals surface area contributed by atoms with Crippen LogP contribution in [-0.4, -0.2) is 52.7 Å². The summed E-state index contributed by atoms with van der Waals surface area (Å²) in [4.78, 5) is 9.13. The highest BCUT2D eigenvalue weighted by molar-refractivity contribution is 5.10. The topological polar surface area (TPSA) is 52.7 Å². The Labute approximate surface area is 168 Å². The van der Waals surface area contributed by atoms with Crippen molar-refractivity contribution in [2.45, 2.75) is 45.7 Å². The molecule has 0 aliphatic carbocycles. The molecule has 5 heteroatoms. The molecule has 0 bridgehead atoms. The van der Waals surface area contributed by atoms with Crippen molar-refractivity contribution in [3.63, 3.8) is 0 Å². The largest absolute Gasteiger partial charge is 0.465 e. The third kappa shape index (κ3) is 4.32. The SMILES string of the molecule is CCc1ccc(CN2CCC3(CCN(Cc4ccncc4)CC3)[C@H](CO)C2)o1. The first kappa shape index (κ1) is 19.6. The zero-order valence-electron chi connectivity index (χ0n) is 17.0. The second kappa shape index (κ2) is 8.76. The summed E-state index contributed by atoms with van der Waals surface area (Å²) in [6.07, 6.45) is 8.26. The Morgan fingerprint density at radius 1 is 1.00 bits per heavy atom. The summed E-state index contributed by atoms with van der Waals surface area (Å²) < 4.78 is 5.90. The Hall–Kier alpha value is -1.69. The summed E-state index contributed by atoms with van der Waals surface area (Å²) in [5.74, 6) is 2.48. The van der Waals surface area contributed by atoms with E-state index in [2.05, 4.69) is 46.0 Å². The molecule has 0 aromatic carbocycles. The number of aromatic nitrogens is 1. The van der Waals surface area contributed by atoms with E-state index in [1.807, 2.05) is 12.4 Å². The lowest BCUT2D eigenvalue weighted by Crippen LogP contribution is -2.53. The van der Waals surface area contributed by atoms with Crippen LogP contribution in [0.4, 0.5) is 0 Å². The number of hydrogen-bond acceptors (Lipinski definition) is 5. The summed E-state index contributed by atoms with van der Waals surface area (Å²) in [6.45, 7) is 8.60. The molecule has 2 aromatic rings. The number of rotatable bonds is 6. The monoisotopic (exact) mass is 383 g/mol. The summed E-state index contributed by atoms with van der Waals surface area (Å²) in [6, 6.07) is 8.41. The van der Waals surface area contributed by atoms with E-state index in [1.54, 1.807) is 0 Å². The maximum Gasteiger partial charge on any atom is 0.118 e. The van der Waals surface area contributed by atoms with E-state index in [1.165, 1.54) is 24.8 Å². The highest BCUT2D eigenvalue weighted by Gasteiger charge is 2.44. The lowest BCUT2D eigenvalue weighted by atomic mass is 9.64. The molecule has 5 nitrogen and oxygen atoms in total. The predicted octanol–water partition coefficient (Wildman–Crippen LogP) is 3.33. The number of aryl methyl sites for hydroxylation is 1. The Balaban J connectivity index is 1.33. The first-order valence-corrected chi connectivity index (χ1v) is 10.7. The Kier molecular flexibility index (Phi) is 6.14. The van der Waals surface area contributed by atoms with Crippen LogP contribution in [0.25, 0.3) is 0 Å². The maximum absolute atomic E-state index is 10.2. The molecule has 4 rings (SSSR count). The van der Waals surface area contributed by atoms with Crippen molar-refractivity contribution in [2.24, 2.45) is 11.3 Å². The van der Waals surface area contributed by atoms with E-state index >= 15 is 0 Å². The highest BCUT2D eigenvalue weighted by Crippen LogP contribution is 2.45. The van der Waals surface area contributed by atoms with Crippen molar-refractivity contribution >= 4 is 0 Å². The second-order valence-corrected chi connectivity index (χ2v) is 8.58. The molecule has 2 aromatic heterocycles. The van der Waals surface area contributed by atoms with E-state index in [-0.39, 0.29) is 0 Å². The van der Waals surface area contributed by atoms with Crippen LogP contribution in [-0.2, 0) is 19.5 Å². The first-order chi connectivity index (χ1) is 13.7. The molecule has 4 heterocycles. The predicted molar refractivity (Wildman–Crippen MR) is 110 cm³/mol. The minimum Gasteiger partial charge on any atom is -0.465 e. The number of hydrogen-bond donors (Lipinski definition) is 1. The average molecular weight is 384 g/mol. The third-order valence-electron chi connectivity index (χ3n) is 6.94. The third-order valence-corrected chi connectivity index (χ3v) is 6.94. The van der Waals surface area contributed by atoms with Crippen LogP contribution in [0.3, 0.4) is 0 Å². The van der Waals surface area contributed by atoms with Gasteiger partial charge in [0, 0.05) is 44.4 Å². The van der Waals surface area contributed by atoms with Crippen LogP contribution in [0.5, 0.6) is 0 Å². The lowest BCUT2D eigenvalue weighted by Gasteiger charge is -2.51. The van der Waals surface area contributed by atoms with Crippen molar-refractivity contribution in [2.75, 3.05) is 32.8 Å². The van der Waals surface area contributed by atoms with E-state index in [9.17, 15) is 5.11 Å². The first-order valence-electron chi connectivity index (χ1n) is 10.7. The van der Waals surface area contributed by atoms with Gasteiger partial charge >= 0.3 is 0 Å². The Morgan fingerprint density at radius 2 is 1.68 bits per heavy atom. The zero-order chi connectivity index (χ0) is 19.4. The van der Waals surface area contributed by atoms with Gasteiger partial charge in [-0.15, -0.1) is 0 Å². The summed E-state index contributed by atoms with van der Waals surface area (Å²) in [5, 5.41) is 10.2. The number of aliphatic hydroxyl groups excluding tert-OH is 1. The molecule has 28 heavy (non-hydrogen) atoms. The number of furan rings is 1. The van der Waals surface area contributed by atoms with Gasteiger partial charge in [-0.05, 0) is 74.1 Å². The smallest absolute Gasteiger partial charge is 0.118 e. The van der Waals surface area contributed by atoms with Gasteiger partial charge in [-0.3, -0.25) is 14.8 Å². The summed E-state index contributed by atoms with van der Waals surface area (Å²) in [5.41, 5.74) is 1.64. The fourth-order valence-corrected chi connectivity index (χ4v) is 5.06. The molecule has 1 spiro atoms. The van der Waals surface area contributed by atoms with Crippen molar-refractivity contribution in [3.05, 3.63) is 53.7 Å². The minimum absolute atomic E-state index is 0.291. The molecule has 2 aliphatic rings. The van der Waals surface area contributed by atoms with Gasteiger partial charge < -0.3 is 9.52 Å². The number of pyridine rings is 1. The summed E-state index contributed by atoms with van der Waals surface area (Å²) >= 11 is 0. The summed E-state index contributed by atoms with van der Waals surface area (Å²) in [7, 11) is 0. The van der Waals surface area contributed by atoms with Gasteiger partial charge in [0.25, 0.3) is 0 Å². The fraction of sp³-hybridized carbons (Fsp3) is 0.609. The second-order valence-electron chi connectivity index (χ2n) is 8.58. The Morgan fingerprint density at radius 3 is 2.32 bits per heavy atom. The standard InChI is InChI=1S/C23H33N3O2/c1-2-21-3-4-22(28-21)17-26-14-9-23(20(16-26)18-27)7-12-25(13-8-23)15-19-5-10-24-11-6-19/h3-6,10-11,20,27H,2,7-9,12-18H2,1H3/t20-/m0/s1. The molecule has 0 amide bonds. The Bertz CT molecular complexity index is 737. The average Bonchev–Trinajstić information content (AvgIpc) is 3.19. The molecule has 2 saturated heterocycles. The number of nitrogens with zero attached hydrogens (tertiary/aromatic N) is 3. The van der Waals surface area contributed by atoms with Crippen molar-refractivity contribution < 1.29 is 9.52 Å². The van der Waals surface area contributed by atoms with Crippen LogP contribution in [0.1, 0.15) is 43.3 Å². The molecule has 1 N–H and O–H groups in total. The van der Waals surface area contributed by atoms with E-state index < -0.39 is 0 Å². The molecular formula is C23H33N3O2. The van der Waals surface area contributed by atoms with E-state index in [4.69, 9.17) is 4.42 Å². The number of aliphatic hydroxyl groups is 1. The molecule has 1 atom stereocenters. The number of likely N-dealkylation sites (tertiary alicyclic amines) is 2. The van der Waals surface area contributed by atoms with Crippen molar-refractivity contribution in [3.8, 4) is 0 Å². The van der Waals surface area contributed by atoms with Crippen molar-refractivity contribution in [1.29, 1.82) is 0 Å². The molecular weight excluding hydrogens is 350 g/mol. The van der Waals surface area contributed by atoms with Crippen molar-refractivity contribution in [1.82, 2.24) is 14.8 Å². The van der Waals surface area contributed by atoms with Gasteiger partial charge in [-0.25, -0.2) is 0 Å². The van der Waals surface area contributed by atoms with Gasteiger partial charge in [0.2, 0.25) is 0 Å². The van der Waals surface area contributed by atoms with Crippen LogP contribution in [0.15, 0.2) is 41.1 Å². The fourth-order valence-electron chi connectivity index (χ4n) is 5.06. The molecule has 0 unspecified atom stereocenters. The number of piperidine rings is 2. The van der Waals surface area contributed by atoms with Crippen LogP contribution < -0.4 is 0 Å². The van der Waals surface area contributed by atoms with Gasteiger partial charge in [0.1, 0.15) is 11.5 Å². The molecule has 2 fully saturated rings. The highest BCUT2D eigenvalue weighted by atomic mass is 16.3. The van der Waals surface area contributed by atoms with Gasteiger partial charge in [-0.1, -0.05) is 6.92 Å². The molecule has 0 radical (unpaired) electrons. The van der Waals surface area contributed by atoms with Crippen LogP contribution in [0, 0.1) is 11.3 Å². The quantitative estimate of drug-likeness (QED) is 0.829. The lowest BCUT2D eigenvalue weighted by molar-refractivity contribution is -0.0462. The normalized spacial score (nSPS) is 23.3. The minimum atomic E-state index is 0.291. The van der Waals surface area contributed by atoms with Crippen LogP contribution >= 0.6 is 0 Å².